The van der Waals surface area contributed by atoms with Crippen molar-refractivity contribution in [3.8, 4) is 5.75 Å². The molecule has 0 aromatic heterocycles. The molecule has 0 saturated carbocycles. The first-order chi connectivity index (χ1) is 9.84. The molecule has 0 spiro atoms. The summed E-state index contributed by atoms with van der Waals surface area (Å²) >= 11 is 6.06. The second kappa shape index (κ2) is 5.93. The zero-order valence-electron chi connectivity index (χ0n) is 10.9. The molecule has 0 aliphatic heterocycles. The highest BCUT2D eigenvalue weighted by atomic mass is 35.5. The second-order valence-electron chi connectivity index (χ2n) is 4.34. The predicted octanol–water partition coefficient (Wildman–Crippen LogP) is 5.18. The van der Waals surface area contributed by atoms with Crippen molar-refractivity contribution in [2.45, 2.75) is 11.6 Å². The van der Waals surface area contributed by atoms with Gasteiger partial charge in [-0.15, -0.1) is 11.6 Å². The number of benzene rings is 2. The highest BCUT2D eigenvalue weighted by Crippen LogP contribution is 2.40. The number of hydrogen-bond acceptors (Lipinski definition) is 1. The summed E-state index contributed by atoms with van der Waals surface area (Å²) in [5.74, 6) is -0.449. The van der Waals surface area contributed by atoms with Gasteiger partial charge in [-0.25, -0.2) is 4.39 Å². The van der Waals surface area contributed by atoms with Gasteiger partial charge in [0.1, 0.15) is 11.6 Å². The first-order valence-corrected chi connectivity index (χ1v) is 6.42. The van der Waals surface area contributed by atoms with E-state index >= 15 is 0 Å². The highest BCUT2D eigenvalue weighted by molar-refractivity contribution is 6.22. The van der Waals surface area contributed by atoms with Crippen LogP contribution in [-0.4, -0.2) is 7.11 Å². The van der Waals surface area contributed by atoms with Gasteiger partial charge in [-0.2, -0.15) is 13.2 Å². The first kappa shape index (κ1) is 15.6. The lowest BCUT2D eigenvalue weighted by Gasteiger charge is -2.18. The lowest BCUT2D eigenvalue weighted by atomic mass is 9.98. The summed E-state index contributed by atoms with van der Waals surface area (Å²) in [7, 11) is 1.37. The minimum absolute atomic E-state index is 0.0332. The molecule has 1 nitrogen and oxygen atoms in total. The standard InChI is InChI=1S/C15H11ClF4O/c1-21-9-6-7-11(13(17)8-9)14(16)10-4-2-3-5-12(10)15(18,19)20/h2-8,14H,1H3. The van der Waals surface area contributed by atoms with Crippen LogP contribution >= 0.6 is 11.6 Å². The van der Waals surface area contributed by atoms with Crippen molar-refractivity contribution < 1.29 is 22.3 Å². The van der Waals surface area contributed by atoms with Crippen LogP contribution in [0.1, 0.15) is 22.1 Å². The molecule has 112 valence electrons. The molecule has 0 aliphatic carbocycles. The Balaban J connectivity index is 2.48. The van der Waals surface area contributed by atoms with E-state index in [2.05, 4.69) is 0 Å². The molecule has 2 aromatic carbocycles. The van der Waals surface area contributed by atoms with Gasteiger partial charge in [-0.3, -0.25) is 0 Å². The molecule has 2 aromatic rings. The van der Waals surface area contributed by atoms with Gasteiger partial charge in [0, 0.05) is 11.6 Å². The van der Waals surface area contributed by atoms with Crippen LogP contribution in [0.15, 0.2) is 42.5 Å². The molecule has 21 heavy (non-hydrogen) atoms. The van der Waals surface area contributed by atoms with Crippen molar-refractivity contribution >= 4 is 11.6 Å². The minimum atomic E-state index is -4.55. The average Bonchev–Trinajstić information content (AvgIpc) is 2.45. The number of alkyl halides is 4. The predicted molar refractivity (Wildman–Crippen MR) is 72.1 cm³/mol. The van der Waals surface area contributed by atoms with Crippen molar-refractivity contribution in [2.24, 2.45) is 0 Å². The maximum absolute atomic E-state index is 14.0. The molecular formula is C15H11ClF4O. The van der Waals surface area contributed by atoms with Gasteiger partial charge in [-0.1, -0.05) is 24.3 Å². The van der Waals surface area contributed by atoms with Crippen molar-refractivity contribution in [2.75, 3.05) is 7.11 Å². The van der Waals surface area contributed by atoms with Crippen LogP contribution in [0.2, 0.25) is 0 Å². The number of rotatable bonds is 3. The number of hydrogen-bond donors (Lipinski definition) is 0. The maximum Gasteiger partial charge on any atom is 0.416 e. The van der Waals surface area contributed by atoms with Crippen molar-refractivity contribution in [3.63, 3.8) is 0 Å². The van der Waals surface area contributed by atoms with Crippen molar-refractivity contribution in [1.29, 1.82) is 0 Å². The van der Waals surface area contributed by atoms with Crippen LogP contribution in [0, 0.1) is 5.82 Å². The fourth-order valence-electron chi connectivity index (χ4n) is 1.98. The monoisotopic (exact) mass is 318 g/mol. The Hall–Kier alpha value is -1.75. The molecule has 0 bridgehead atoms. The normalized spacial score (nSPS) is 13.0. The van der Waals surface area contributed by atoms with E-state index in [-0.39, 0.29) is 16.9 Å². The molecule has 0 heterocycles. The SMILES string of the molecule is COc1ccc(C(Cl)c2ccccc2C(F)(F)F)c(F)c1. The van der Waals surface area contributed by atoms with Crippen LogP contribution < -0.4 is 4.74 Å². The topological polar surface area (TPSA) is 9.23 Å². The van der Waals surface area contributed by atoms with E-state index in [1.165, 1.54) is 37.4 Å². The third-order valence-electron chi connectivity index (χ3n) is 3.02. The Morgan fingerprint density at radius 1 is 1.05 bits per heavy atom. The van der Waals surface area contributed by atoms with Gasteiger partial charge in [-0.05, 0) is 17.7 Å². The maximum atomic E-state index is 14.0. The fourth-order valence-corrected chi connectivity index (χ4v) is 2.35. The van der Waals surface area contributed by atoms with E-state index in [9.17, 15) is 17.6 Å². The van der Waals surface area contributed by atoms with E-state index in [0.29, 0.717) is 0 Å². The van der Waals surface area contributed by atoms with Crippen molar-refractivity contribution in [1.82, 2.24) is 0 Å². The van der Waals surface area contributed by atoms with Crippen LogP contribution in [-0.2, 0) is 6.18 Å². The molecule has 0 amide bonds. The van der Waals surface area contributed by atoms with E-state index in [1.807, 2.05) is 0 Å². The average molecular weight is 319 g/mol. The molecule has 0 saturated heterocycles. The molecule has 1 atom stereocenters. The van der Waals surface area contributed by atoms with Crippen molar-refractivity contribution in [3.05, 3.63) is 65.0 Å². The van der Waals surface area contributed by atoms with E-state index in [4.69, 9.17) is 16.3 Å². The Bertz CT molecular complexity index is 640. The van der Waals surface area contributed by atoms with Gasteiger partial charge in [0.2, 0.25) is 0 Å². The number of ether oxygens (including phenoxy) is 1. The highest BCUT2D eigenvalue weighted by Gasteiger charge is 2.35. The van der Waals surface area contributed by atoms with Crippen LogP contribution in [0.25, 0.3) is 0 Å². The number of methoxy groups -OCH3 is 1. The fraction of sp³-hybridized carbons (Fsp3) is 0.200. The van der Waals surface area contributed by atoms with Gasteiger partial charge in [0.25, 0.3) is 0 Å². The summed E-state index contributed by atoms with van der Waals surface area (Å²) in [6.07, 6.45) is -4.55. The van der Waals surface area contributed by atoms with E-state index in [1.54, 1.807) is 0 Å². The Morgan fingerprint density at radius 2 is 1.71 bits per heavy atom. The zero-order valence-corrected chi connectivity index (χ0v) is 11.7. The summed E-state index contributed by atoms with van der Waals surface area (Å²) < 4.78 is 57.7. The quantitative estimate of drug-likeness (QED) is 0.559. The van der Waals surface area contributed by atoms with Crippen LogP contribution in [0.5, 0.6) is 5.75 Å². The lowest BCUT2D eigenvalue weighted by molar-refractivity contribution is -0.138. The molecule has 0 radical (unpaired) electrons. The minimum Gasteiger partial charge on any atom is -0.497 e. The molecule has 6 heteroatoms. The summed E-state index contributed by atoms with van der Waals surface area (Å²) in [6.45, 7) is 0. The van der Waals surface area contributed by atoms with Gasteiger partial charge >= 0.3 is 6.18 Å². The molecule has 0 fully saturated rings. The Kier molecular flexibility index (Phi) is 4.42. The summed E-state index contributed by atoms with van der Waals surface area (Å²) in [5.41, 5.74) is -1.09. The number of halogens is 5. The zero-order chi connectivity index (χ0) is 15.6. The second-order valence-corrected chi connectivity index (χ2v) is 4.77. The first-order valence-electron chi connectivity index (χ1n) is 5.98. The third kappa shape index (κ3) is 3.29. The summed E-state index contributed by atoms with van der Waals surface area (Å²) in [4.78, 5) is 0. The molecular weight excluding hydrogens is 308 g/mol. The smallest absolute Gasteiger partial charge is 0.416 e. The van der Waals surface area contributed by atoms with Gasteiger partial charge in [0.05, 0.1) is 18.1 Å². The van der Waals surface area contributed by atoms with E-state index < -0.39 is 22.9 Å². The van der Waals surface area contributed by atoms with E-state index in [0.717, 1.165) is 12.1 Å². The van der Waals surface area contributed by atoms with Gasteiger partial charge in [0.15, 0.2) is 0 Å². The third-order valence-corrected chi connectivity index (χ3v) is 3.49. The van der Waals surface area contributed by atoms with Gasteiger partial charge < -0.3 is 4.74 Å². The molecule has 0 aliphatic rings. The van der Waals surface area contributed by atoms with Crippen LogP contribution in [0.4, 0.5) is 17.6 Å². The van der Waals surface area contributed by atoms with Crippen LogP contribution in [0.3, 0.4) is 0 Å². The summed E-state index contributed by atoms with van der Waals surface area (Å²) in [5, 5.41) is -1.24. The molecule has 0 N–H and O–H groups in total. The Labute approximate surface area is 124 Å². The molecule has 1 unspecified atom stereocenters. The Morgan fingerprint density at radius 3 is 2.29 bits per heavy atom. The molecule has 2 rings (SSSR count). The lowest BCUT2D eigenvalue weighted by Crippen LogP contribution is -2.11. The summed E-state index contributed by atoms with van der Waals surface area (Å²) in [6, 6.07) is 8.71. The largest absolute Gasteiger partial charge is 0.497 e.